The number of anilines is 2. The minimum absolute atomic E-state index is 0.0349. The van der Waals surface area contributed by atoms with Crippen LogP contribution >= 0.6 is 11.3 Å². The van der Waals surface area contributed by atoms with Gasteiger partial charge in [-0.1, -0.05) is 11.3 Å². The van der Waals surface area contributed by atoms with Gasteiger partial charge < -0.3 is 20.4 Å². The van der Waals surface area contributed by atoms with Gasteiger partial charge in [0.15, 0.2) is 5.13 Å². The third-order valence-electron chi connectivity index (χ3n) is 3.44. The smallest absolute Gasteiger partial charge is 0.267 e. The van der Waals surface area contributed by atoms with Crippen LogP contribution in [0.2, 0.25) is 0 Å². The van der Waals surface area contributed by atoms with Crippen molar-refractivity contribution in [2.45, 2.75) is 12.8 Å². The Bertz CT molecular complexity index is 467. The molecule has 6 nitrogen and oxygen atoms in total. The fourth-order valence-electron chi connectivity index (χ4n) is 2.14. The Morgan fingerprint density at radius 2 is 1.95 bits per heavy atom. The zero-order chi connectivity index (χ0) is 14.7. The first-order valence-electron chi connectivity index (χ1n) is 6.90. The highest BCUT2D eigenvalue weighted by Gasteiger charge is 2.23. The fraction of sp³-hybridized carbons (Fsp3) is 0.692. The molecule has 1 aliphatic rings. The number of amides is 1. The van der Waals surface area contributed by atoms with E-state index in [0.717, 1.165) is 24.8 Å². The second-order valence-electron chi connectivity index (χ2n) is 5.43. The molecule has 0 bridgehead atoms. The highest BCUT2D eigenvalue weighted by atomic mass is 32.1. The first-order chi connectivity index (χ1) is 9.49. The number of rotatable bonds is 5. The molecule has 7 heteroatoms. The maximum Gasteiger partial charge on any atom is 0.267 e. The largest absolute Gasteiger partial charge is 0.382 e. The van der Waals surface area contributed by atoms with Crippen LogP contribution in [0.3, 0.4) is 0 Å². The van der Waals surface area contributed by atoms with Crippen molar-refractivity contribution in [3.05, 3.63) is 4.88 Å². The summed E-state index contributed by atoms with van der Waals surface area (Å²) in [6.45, 7) is 3.54. The molecule has 0 aliphatic carbocycles. The summed E-state index contributed by atoms with van der Waals surface area (Å²) in [4.78, 5) is 23.3. The summed E-state index contributed by atoms with van der Waals surface area (Å²) in [6.07, 6.45) is 2.37. The van der Waals surface area contributed by atoms with E-state index in [0.29, 0.717) is 17.2 Å². The first-order valence-corrected chi connectivity index (χ1v) is 7.72. The molecule has 1 aromatic rings. The summed E-state index contributed by atoms with van der Waals surface area (Å²) in [5.41, 5.74) is 5.92. The second kappa shape index (κ2) is 6.41. The summed E-state index contributed by atoms with van der Waals surface area (Å²) in [5.74, 6) is 0.325. The molecule has 2 rings (SSSR count). The van der Waals surface area contributed by atoms with Gasteiger partial charge in [-0.15, -0.1) is 0 Å². The lowest BCUT2D eigenvalue weighted by Crippen LogP contribution is -2.33. The molecule has 20 heavy (non-hydrogen) atoms. The number of thiazole rings is 1. The normalized spacial score (nSPS) is 15.1. The number of hydrogen-bond acceptors (Lipinski definition) is 6. The van der Waals surface area contributed by atoms with Crippen LogP contribution in [0.4, 0.5) is 10.9 Å². The molecule has 1 amide bonds. The monoisotopic (exact) mass is 297 g/mol. The van der Waals surface area contributed by atoms with Crippen LogP contribution in [0.25, 0.3) is 0 Å². The van der Waals surface area contributed by atoms with Gasteiger partial charge in [-0.3, -0.25) is 4.79 Å². The van der Waals surface area contributed by atoms with E-state index in [1.807, 2.05) is 14.1 Å². The molecule has 0 unspecified atom stereocenters. The number of hydrogen-bond donors (Lipinski definition) is 1. The highest BCUT2D eigenvalue weighted by molar-refractivity contribution is 7.18. The van der Waals surface area contributed by atoms with E-state index in [1.165, 1.54) is 24.2 Å². The Labute approximate surface area is 124 Å². The predicted molar refractivity (Wildman–Crippen MR) is 83.5 cm³/mol. The van der Waals surface area contributed by atoms with Gasteiger partial charge >= 0.3 is 0 Å². The van der Waals surface area contributed by atoms with Crippen LogP contribution in [-0.4, -0.2) is 68.0 Å². The first kappa shape index (κ1) is 15.1. The van der Waals surface area contributed by atoms with E-state index in [4.69, 9.17) is 5.73 Å². The van der Waals surface area contributed by atoms with Crippen molar-refractivity contribution in [2.75, 3.05) is 58.0 Å². The van der Waals surface area contributed by atoms with Crippen molar-refractivity contribution < 1.29 is 4.79 Å². The Morgan fingerprint density at radius 3 is 2.55 bits per heavy atom. The maximum atomic E-state index is 12.4. The fourth-order valence-corrected chi connectivity index (χ4v) is 3.17. The van der Waals surface area contributed by atoms with E-state index in [9.17, 15) is 4.79 Å². The van der Waals surface area contributed by atoms with E-state index < -0.39 is 0 Å². The average molecular weight is 297 g/mol. The lowest BCUT2D eigenvalue weighted by Gasteiger charge is -2.19. The third-order valence-corrected chi connectivity index (χ3v) is 4.56. The molecule has 0 spiro atoms. The van der Waals surface area contributed by atoms with E-state index in [2.05, 4.69) is 14.8 Å². The molecule has 1 saturated heterocycles. The van der Waals surface area contributed by atoms with Crippen molar-refractivity contribution in [3.8, 4) is 0 Å². The molecule has 0 saturated carbocycles. The van der Waals surface area contributed by atoms with Crippen LogP contribution in [0, 0.1) is 0 Å². The number of carbonyl (C=O) groups is 1. The quantitative estimate of drug-likeness (QED) is 0.877. The van der Waals surface area contributed by atoms with E-state index in [1.54, 1.807) is 11.9 Å². The molecule has 1 aliphatic heterocycles. The molecule has 1 aromatic heterocycles. The van der Waals surface area contributed by atoms with Crippen LogP contribution in [-0.2, 0) is 0 Å². The minimum Gasteiger partial charge on any atom is -0.382 e. The summed E-state index contributed by atoms with van der Waals surface area (Å²) in [7, 11) is 5.79. The molecule has 0 aromatic carbocycles. The number of likely N-dealkylation sites (N-methyl/N-ethyl adjacent to an activating group) is 2. The van der Waals surface area contributed by atoms with Gasteiger partial charge in [0.2, 0.25) is 0 Å². The predicted octanol–water partition coefficient (Wildman–Crippen LogP) is 0.959. The van der Waals surface area contributed by atoms with Crippen molar-refractivity contribution in [3.63, 3.8) is 0 Å². The van der Waals surface area contributed by atoms with Gasteiger partial charge in [0.25, 0.3) is 5.91 Å². The van der Waals surface area contributed by atoms with Crippen molar-refractivity contribution in [1.29, 1.82) is 0 Å². The van der Waals surface area contributed by atoms with Gasteiger partial charge in [0.1, 0.15) is 10.7 Å². The minimum atomic E-state index is -0.0349. The van der Waals surface area contributed by atoms with E-state index in [-0.39, 0.29) is 5.91 Å². The van der Waals surface area contributed by atoms with Crippen molar-refractivity contribution in [1.82, 2.24) is 14.8 Å². The maximum absolute atomic E-state index is 12.4. The molecule has 2 N–H and O–H groups in total. The molecule has 1 fully saturated rings. The second-order valence-corrected chi connectivity index (χ2v) is 6.41. The average Bonchev–Trinajstić information content (AvgIpc) is 3.03. The zero-order valence-corrected chi connectivity index (χ0v) is 13.2. The highest BCUT2D eigenvalue weighted by Crippen LogP contribution is 2.30. The lowest BCUT2D eigenvalue weighted by atomic mass is 10.4. The van der Waals surface area contributed by atoms with Crippen molar-refractivity contribution >= 4 is 28.2 Å². The Hall–Kier alpha value is -1.34. The number of nitrogens with two attached hydrogens (primary N) is 1. The van der Waals surface area contributed by atoms with Gasteiger partial charge in [-0.2, -0.15) is 0 Å². The topological polar surface area (TPSA) is 65.7 Å². The Morgan fingerprint density at radius 1 is 1.30 bits per heavy atom. The summed E-state index contributed by atoms with van der Waals surface area (Å²) in [6, 6.07) is 0. The van der Waals surface area contributed by atoms with Gasteiger partial charge in [-0.05, 0) is 26.9 Å². The zero-order valence-electron chi connectivity index (χ0n) is 12.4. The summed E-state index contributed by atoms with van der Waals surface area (Å²) < 4.78 is 0. The van der Waals surface area contributed by atoms with Gasteiger partial charge in [0, 0.05) is 33.2 Å². The number of aromatic nitrogens is 1. The SMILES string of the molecule is CN(C)CCN(C)C(=O)c1sc(N2CCCC2)nc1N. The molecular weight excluding hydrogens is 274 g/mol. The number of nitrogen functional groups attached to an aromatic ring is 1. The van der Waals surface area contributed by atoms with Crippen LogP contribution in [0.15, 0.2) is 0 Å². The van der Waals surface area contributed by atoms with Crippen LogP contribution in [0.5, 0.6) is 0 Å². The van der Waals surface area contributed by atoms with Crippen LogP contribution in [0.1, 0.15) is 22.5 Å². The standard InChI is InChI=1S/C13H23N5OS/c1-16(2)8-9-17(3)12(19)10-11(14)15-13(20-10)18-6-4-5-7-18/h4-9,14H2,1-3H3. The molecule has 112 valence electrons. The van der Waals surface area contributed by atoms with Crippen LogP contribution < -0.4 is 10.6 Å². The van der Waals surface area contributed by atoms with Gasteiger partial charge in [-0.25, -0.2) is 4.98 Å². The number of carbonyl (C=O) groups excluding carboxylic acids is 1. The number of nitrogens with zero attached hydrogens (tertiary/aromatic N) is 4. The third kappa shape index (κ3) is 3.40. The molecular formula is C13H23N5OS. The molecule has 2 heterocycles. The summed E-state index contributed by atoms with van der Waals surface area (Å²) in [5, 5.41) is 0.879. The molecule has 0 radical (unpaired) electrons. The van der Waals surface area contributed by atoms with Crippen molar-refractivity contribution in [2.24, 2.45) is 0 Å². The Kier molecular flexibility index (Phi) is 4.82. The van der Waals surface area contributed by atoms with E-state index >= 15 is 0 Å². The summed E-state index contributed by atoms with van der Waals surface area (Å²) >= 11 is 1.41. The lowest BCUT2D eigenvalue weighted by molar-refractivity contribution is 0.0792. The Balaban J connectivity index is 2.05. The van der Waals surface area contributed by atoms with Gasteiger partial charge in [0.05, 0.1) is 0 Å². The molecule has 0 atom stereocenters.